The molecule has 1 unspecified atom stereocenters. The fourth-order valence-electron chi connectivity index (χ4n) is 3.87. The molecule has 1 spiro atoms. The maximum absolute atomic E-state index is 8.33. The average molecular weight is 418 g/mol. The molecule has 1 aliphatic heterocycles. The van der Waals surface area contributed by atoms with Gasteiger partial charge in [-0.1, -0.05) is 20.8 Å². The molecule has 0 bridgehead atoms. The van der Waals surface area contributed by atoms with E-state index in [4.69, 9.17) is 5.26 Å². The fourth-order valence-corrected chi connectivity index (χ4v) is 3.87. The molecule has 0 radical (unpaired) electrons. The Morgan fingerprint density at radius 1 is 1.10 bits per heavy atom. The van der Waals surface area contributed by atoms with Gasteiger partial charge in [0.15, 0.2) is 5.82 Å². The minimum atomic E-state index is 0.465. The summed E-state index contributed by atoms with van der Waals surface area (Å²) >= 11 is 0. The van der Waals surface area contributed by atoms with Crippen LogP contribution in [-0.4, -0.2) is 37.8 Å². The van der Waals surface area contributed by atoms with Gasteiger partial charge in [0.25, 0.3) is 0 Å². The minimum Gasteiger partial charge on any atom is -0.356 e. The van der Waals surface area contributed by atoms with Gasteiger partial charge in [-0.15, -0.1) is 0 Å². The van der Waals surface area contributed by atoms with Crippen molar-refractivity contribution < 1.29 is 0 Å². The van der Waals surface area contributed by atoms with Crippen LogP contribution in [0.5, 0.6) is 0 Å². The summed E-state index contributed by atoms with van der Waals surface area (Å²) in [6, 6.07) is 6.23. The van der Waals surface area contributed by atoms with Crippen LogP contribution in [0.2, 0.25) is 0 Å². The SMILES string of the molecule is CC(C)C.N#CC1CC12CC2.c1cc2c(cn1)cnn2-c1cc(N2CCCC2)ncn1. The molecule has 0 N–H and O–H groups in total. The lowest BCUT2D eigenvalue weighted by Gasteiger charge is -2.16. The Balaban J connectivity index is 0.000000172. The van der Waals surface area contributed by atoms with E-state index in [0.717, 1.165) is 41.5 Å². The predicted molar refractivity (Wildman–Crippen MR) is 122 cm³/mol. The summed E-state index contributed by atoms with van der Waals surface area (Å²) in [7, 11) is 0. The number of nitrogens with zero attached hydrogens (tertiary/aromatic N) is 7. The molecule has 0 amide bonds. The van der Waals surface area contributed by atoms with Gasteiger partial charge in [0.1, 0.15) is 12.1 Å². The number of pyridine rings is 1. The number of fused-ring (bicyclic) bond motifs is 1. The van der Waals surface area contributed by atoms with Gasteiger partial charge in [-0.25, -0.2) is 14.6 Å². The number of aromatic nitrogens is 5. The second kappa shape index (κ2) is 9.01. The van der Waals surface area contributed by atoms with Gasteiger partial charge in [-0.2, -0.15) is 10.4 Å². The van der Waals surface area contributed by atoms with E-state index in [1.165, 1.54) is 32.1 Å². The van der Waals surface area contributed by atoms with Gasteiger partial charge in [0, 0.05) is 36.9 Å². The van der Waals surface area contributed by atoms with Gasteiger partial charge in [-0.3, -0.25) is 4.98 Å². The molecule has 1 atom stereocenters. The van der Waals surface area contributed by atoms with Crippen LogP contribution in [0.15, 0.2) is 37.1 Å². The van der Waals surface area contributed by atoms with Crippen molar-refractivity contribution in [1.29, 1.82) is 5.26 Å². The van der Waals surface area contributed by atoms with Crippen LogP contribution < -0.4 is 4.90 Å². The number of nitriles is 1. The van der Waals surface area contributed by atoms with Crippen molar-refractivity contribution in [2.24, 2.45) is 17.3 Å². The van der Waals surface area contributed by atoms with E-state index in [9.17, 15) is 0 Å². The lowest BCUT2D eigenvalue weighted by atomic mass is 10.3. The second-order valence-electron chi connectivity index (χ2n) is 9.40. The Kier molecular flexibility index (Phi) is 6.17. The molecule has 31 heavy (non-hydrogen) atoms. The van der Waals surface area contributed by atoms with Crippen molar-refractivity contribution in [1.82, 2.24) is 24.7 Å². The summed E-state index contributed by atoms with van der Waals surface area (Å²) in [5.41, 5.74) is 1.61. The van der Waals surface area contributed by atoms with Crippen molar-refractivity contribution in [2.45, 2.75) is 52.9 Å². The van der Waals surface area contributed by atoms with Gasteiger partial charge in [0.2, 0.25) is 0 Å². The third kappa shape index (κ3) is 5.01. The van der Waals surface area contributed by atoms with E-state index >= 15 is 0 Å². The molecule has 3 aliphatic rings. The lowest BCUT2D eigenvalue weighted by molar-refractivity contribution is 0.737. The molecule has 3 aromatic heterocycles. The first kappa shape index (κ1) is 21.2. The molecule has 3 aromatic rings. The average Bonchev–Trinajstić information content (AvgIpc) is 3.53. The summed E-state index contributed by atoms with van der Waals surface area (Å²) in [6.07, 6.45) is 13.3. The molecule has 6 rings (SSSR count). The summed E-state index contributed by atoms with van der Waals surface area (Å²) in [5.74, 6) is 3.07. The van der Waals surface area contributed by atoms with Gasteiger partial charge in [0.05, 0.1) is 23.7 Å². The molecular weight excluding hydrogens is 386 g/mol. The lowest BCUT2D eigenvalue weighted by Crippen LogP contribution is -2.19. The normalized spacial score (nSPS) is 20.0. The Morgan fingerprint density at radius 2 is 1.81 bits per heavy atom. The van der Waals surface area contributed by atoms with Crippen molar-refractivity contribution in [3.63, 3.8) is 0 Å². The van der Waals surface area contributed by atoms with Crippen molar-refractivity contribution >= 4 is 16.7 Å². The van der Waals surface area contributed by atoms with Crippen molar-refractivity contribution in [3.05, 3.63) is 37.1 Å². The number of rotatable bonds is 2. The molecule has 162 valence electrons. The molecule has 2 aliphatic carbocycles. The Labute approximate surface area is 184 Å². The highest BCUT2D eigenvalue weighted by Crippen LogP contribution is 2.70. The number of hydrogen-bond donors (Lipinski definition) is 0. The Hall–Kier alpha value is -3.01. The first-order chi connectivity index (χ1) is 15.0. The highest BCUT2D eigenvalue weighted by Gasteiger charge is 2.63. The zero-order valence-electron chi connectivity index (χ0n) is 18.7. The van der Waals surface area contributed by atoms with E-state index < -0.39 is 0 Å². The topological polar surface area (TPSA) is 83.5 Å². The quantitative estimate of drug-likeness (QED) is 0.596. The van der Waals surface area contributed by atoms with Crippen LogP contribution in [0.1, 0.15) is 52.9 Å². The first-order valence-corrected chi connectivity index (χ1v) is 11.3. The van der Waals surface area contributed by atoms with Crippen LogP contribution in [0.25, 0.3) is 16.7 Å². The van der Waals surface area contributed by atoms with Crippen LogP contribution in [0.4, 0.5) is 5.82 Å². The van der Waals surface area contributed by atoms with E-state index in [-0.39, 0.29) is 0 Å². The Bertz CT molecular complexity index is 1050. The van der Waals surface area contributed by atoms with E-state index in [0.29, 0.717) is 11.3 Å². The zero-order chi connectivity index (χ0) is 21.8. The predicted octanol–water partition coefficient (Wildman–Crippen LogP) is 4.78. The molecular formula is C24H31N7. The number of hydrogen-bond acceptors (Lipinski definition) is 6. The summed E-state index contributed by atoms with van der Waals surface area (Å²) in [4.78, 5) is 15.1. The monoisotopic (exact) mass is 417 g/mol. The van der Waals surface area contributed by atoms with E-state index in [1.807, 2.05) is 16.8 Å². The van der Waals surface area contributed by atoms with E-state index in [1.54, 1.807) is 24.9 Å². The molecule has 3 fully saturated rings. The standard InChI is InChI=1S/C14H14N6.C6H7N.C4H10/c1-2-6-19(5-1)13-7-14(17-10-16-13)20-12-3-4-15-8-11(12)9-18-20;7-4-5-3-6(5)1-2-6;1-4(2)3/h3-4,7-10H,1-2,5-6H2;5H,1-3H2;4H,1-3H3. The minimum absolute atomic E-state index is 0.465. The van der Waals surface area contributed by atoms with Crippen LogP contribution in [0.3, 0.4) is 0 Å². The zero-order valence-corrected chi connectivity index (χ0v) is 18.7. The highest BCUT2D eigenvalue weighted by molar-refractivity contribution is 5.78. The number of anilines is 1. The molecule has 7 nitrogen and oxygen atoms in total. The molecule has 7 heteroatoms. The summed E-state index contributed by atoms with van der Waals surface area (Å²) < 4.78 is 1.83. The largest absolute Gasteiger partial charge is 0.356 e. The maximum Gasteiger partial charge on any atom is 0.159 e. The van der Waals surface area contributed by atoms with Crippen LogP contribution >= 0.6 is 0 Å². The Morgan fingerprint density at radius 3 is 2.42 bits per heavy atom. The molecule has 1 saturated heterocycles. The molecule has 0 aromatic carbocycles. The van der Waals surface area contributed by atoms with Gasteiger partial charge < -0.3 is 4.90 Å². The third-order valence-electron chi connectivity index (χ3n) is 5.89. The third-order valence-corrected chi connectivity index (χ3v) is 5.89. The van der Waals surface area contributed by atoms with Gasteiger partial charge >= 0.3 is 0 Å². The van der Waals surface area contributed by atoms with Crippen LogP contribution in [-0.2, 0) is 0 Å². The molecule has 2 saturated carbocycles. The molecule has 4 heterocycles. The van der Waals surface area contributed by atoms with Crippen molar-refractivity contribution in [3.8, 4) is 11.9 Å². The highest BCUT2D eigenvalue weighted by atomic mass is 15.3. The summed E-state index contributed by atoms with van der Waals surface area (Å²) in [5, 5.41) is 13.7. The van der Waals surface area contributed by atoms with Crippen molar-refractivity contribution in [2.75, 3.05) is 18.0 Å². The second-order valence-corrected chi connectivity index (χ2v) is 9.40. The first-order valence-electron chi connectivity index (χ1n) is 11.3. The summed E-state index contributed by atoms with van der Waals surface area (Å²) in [6.45, 7) is 8.64. The maximum atomic E-state index is 8.33. The smallest absolute Gasteiger partial charge is 0.159 e. The van der Waals surface area contributed by atoms with E-state index in [2.05, 4.69) is 51.8 Å². The van der Waals surface area contributed by atoms with Crippen LogP contribution in [0, 0.1) is 28.6 Å². The van der Waals surface area contributed by atoms with Gasteiger partial charge in [-0.05, 0) is 49.5 Å². The fraction of sp³-hybridized carbons (Fsp3) is 0.542.